The van der Waals surface area contributed by atoms with E-state index in [0.29, 0.717) is 27.9 Å². The summed E-state index contributed by atoms with van der Waals surface area (Å²) in [5.74, 6) is 0. The van der Waals surface area contributed by atoms with E-state index in [2.05, 4.69) is 145 Å². The summed E-state index contributed by atoms with van der Waals surface area (Å²) >= 11 is 0. The molecule has 0 amide bonds. The van der Waals surface area contributed by atoms with E-state index in [-0.39, 0.29) is 5.56 Å². The highest BCUT2D eigenvalue weighted by Gasteiger charge is 2.34. The first-order valence-electron chi connectivity index (χ1n) is 22.4. The van der Waals surface area contributed by atoms with Crippen molar-refractivity contribution < 1.29 is 13.2 Å². The van der Waals surface area contributed by atoms with E-state index in [9.17, 15) is 13.2 Å². The Labute approximate surface area is 387 Å². The van der Waals surface area contributed by atoms with Crippen molar-refractivity contribution in [3.63, 3.8) is 0 Å². The average Bonchev–Trinajstić information content (AvgIpc) is 3.82. The number of benzene rings is 9. The summed E-state index contributed by atoms with van der Waals surface area (Å²) < 4.78 is 49.1. The maximum atomic E-state index is 14.9. The van der Waals surface area contributed by atoms with Gasteiger partial charge in [-0.15, -0.1) is 0 Å². The topological polar surface area (TPSA) is 14.2 Å². The molecule has 0 fully saturated rings. The second-order valence-corrected chi connectivity index (χ2v) is 18.0. The summed E-state index contributed by atoms with van der Waals surface area (Å²) in [5.41, 5.74) is 16.7. The van der Waals surface area contributed by atoms with Crippen LogP contribution in [0.4, 0.5) is 18.9 Å². The Bertz CT molecular complexity index is 3830. The van der Waals surface area contributed by atoms with Crippen LogP contribution in [0.1, 0.15) is 33.4 Å². The Kier molecular flexibility index (Phi) is 9.79. The molecule has 0 saturated carbocycles. The van der Waals surface area contributed by atoms with Crippen molar-refractivity contribution in [2.75, 3.05) is 0 Å². The molecule has 0 aliphatic carbocycles. The Hall–Kier alpha value is -8.14. The lowest BCUT2D eigenvalue weighted by Crippen LogP contribution is -2.08. The van der Waals surface area contributed by atoms with Crippen LogP contribution in [0.25, 0.3) is 104 Å². The molecule has 3 nitrogen and oxygen atoms in total. The molecule has 0 atom stereocenters. The van der Waals surface area contributed by atoms with Gasteiger partial charge in [-0.25, -0.2) is 4.85 Å². The van der Waals surface area contributed by atoms with Gasteiger partial charge in [0.25, 0.3) is 0 Å². The zero-order valence-corrected chi connectivity index (χ0v) is 37.7. The Morgan fingerprint density at radius 2 is 0.940 bits per heavy atom. The van der Waals surface area contributed by atoms with Crippen molar-refractivity contribution in [2.24, 2.45) is 0 Å². The Morgan fingerprint density at radius 1 is 0.418 bits per heavy atom. The molecular formula is C61H44F3N3. The van der Waals surface area contributed by atoms with Crippen LogP contribution in [0.2, 0.25) is 0 Å². The van der Waals surface area contributed by atoms with Crippen LogP contribution in [-0.4, -0.2) is 9.13 Å². The quantitative estimate of drug-likeness (QED) is 0.148. The number of para-hydroxylation sites is 2. The molecule has 9 aromatic carbocycles. The fourth-order valence-electron chi connectivity index (χ4n) is 10.5. The molecule has 6 heteroatoms. The number of aromatic nitrogens is 2. The van der Waals surface area contributed by atoms with Crippen molar-refractivity contribution >= 4 is 49.3 Å². The summed E-state index contributed by atoms with van der Waals surface area (Å²) in [6, 6.07) is 58.6. The summed E-state index contributed by atoms with van der Waals surface area (Å²) in [4.78, 5) is 4.09. The van der Waals surface area contributed by atoms with Crippen molar-refractivity contribution in [3.8, 4) is 55.9 Å². The summed E-state index contributed by atoms with van der Waals surface area (Å²) in [6.45, 7) is 18.7. The molecule has 0 spiro atoms. The number of nitrogens with zero attached hydrogens (tertiary/aromatic N) is 3. The molecule has 0 N–H and O–H groups in total. The van der Waals surface area contributed by atoms with Crippen LogP contribution in [-0.2, 0) is 6.18 Å². The van der Waals surface area contributed by atoms with E-state index in [4.69, 9.17) is 6.57 Å². The van der Waals surface area contributed by atoms with Crippen LogP contribution in [0.15, 0.2) is 176 Å². The highest BCUT2D eigenvalue weighted by molar-refractivity contribution is 6.12. The molecule has 324 valence electrons. The molecule has 67 heavy (non-hydrogen) atoms. The minimum absolute atomic E-state index is 0.116. The van der Waals surface area contributed by atoms with Gasteiger partial charge in [0.05, 0.1) is 39.9 Å². The monoisotopic (exact) mass is 875 g/mol. The van der Waals surface area contributed by atoms with E-state index >= 15 is 0 Å². The fraction of sp³-hybridized carbons (Fsp3) is 0.0984. The summed E-state index contributed by atoms with van der Waals surface area (Å²) in [5, 5.41) is 4.27. The first kappa shape index (κ1) is 41.6. The maximum Gasteiger partial charge on any atom is 0.417 e. The average molecular weight is 876 g/mol. The predicted octanol–water partition coefficient (Wildman–Crippen LogP) is 17.7. The van der Waals surface area contributed by atoms with Crippen LogP contribution in [0.5, 0.6) is 0 Å². The van der Waals surface area contributed by atoms with Gasteiger partial charge in [0, 0.05) is 27.2 Å². The number of rotatable bonds is 6. The van der Waals surface area contributed by atoms with Crippen molar-refractivity contribution in [1.82, 2.24) is 9.13 Å². The van der Waals surface area contributed by atoms with Crippen LogP contribution in [0.3, 0.4) is 0 Å². The lowest BCUT2D eigenvalue weighted by molar-refractivity contribution is -0.137. The van der Waals surface area contributed by atoms with Gasteiger partial charge < -0.3 is 9.13 Å². The highest BCUT2D eigenvalue weighted by atomic mass is 19.4. The van der Waals surface area contributed by atoms with Gasteiger partial charge in [-0.3, -0.25) is 0 Å². The zero-order valence-electron chi connectivity index (χ0n) is 37.7. The zero-order chi connectivity index (χ0) is 46.3. The standard InChI is InChI=1S/C61H44F3N3/c1-36-26-37(2)29-44(28-36)41-18-23-57-50(32-41)47-13-7-9-16-55(47)66(57)46-21-22-54(65-6)49(35-46)52-34-43(60-40(5)12-11-15-53(60)61(62,63)64)20-25-59(52)67-56-17-10-8-14-48(56)51-33-42(19-24-58(51)67)45-30-38(3)27-39(4)31-45/h7-35H,1-5H3. The predicted molar refractivity (Wildman–Crippen MR) is 272 cm³/mol. The fourth-order valence-corrected chi connectivity index (χ4v) is 10.5. The summed E-state index contributed by atoms with van der Waals surface area (Å²) in [6.07, 6.45) is -4.59. The van der Waals surface area contributed by atoms with Crippen LogP contribution >= 0.6 is 0 Å². The van der Waals surface area contributed by atoms with Crippen LogP contribution in [0, 0.1) is 41.2 Å². The van der Waals surface area contributed by atoms with Crippen LogP contribution < -0.4 is 0 Å². The van der Waals surface area contributed by atoms with E-state index in [1.54, 1.807) is 19.1 Å². The SMILES string of the molecule is [C-]#[N+]c1ccc(-n2c3ccccc3c3cc(-c4cc(C)cc(C)c4)ccc32)cc1-c1cc(-c2c(C)cccc2C(F)(F)F)ccc1-n1c2ccccc2c2cc(-c3cc(C)cc(C)c3)ccc21. The largest absolute Gasteiger partial charge is 0.417 e. The van der Waals surface area contributed by atoms with Gasteiger partial charge in [-0.1, -0.05) is 131 Å². The molecule has 0 saturated heterocycles. The molecule has 0 aliphatic heterocycles. The van der Waals surface area contributed by atoms with E-state index in [1.807, 2.05) is 48.5 Å². The molecule has 2 aromatic heterocycles. The minimum atomic E-state index is -4.59. The van der Waals surface area contributed by atoms with Gasteiger partial charge >= 0.3 is 6.18 Å². The van der Waals surface area contributed by atoms with E-state index in [0.717, 1.165) is 83.3 Å². The van der Waals surface area contributed by atoms with E-state index in [1.165, 1.54) is 28.3 Å². The van der Waals surface area contributed by atoms with Crippen molar-refractivity contribution in [2.45, 2.75) is 40.8 Å². The number of aryl methyl sites for hydroxylation is 5. The molecule has 11 rings (SSSR count). The normalized spacial score (nSPS) is 11.9. The lowest BCUT2D eigenvalue weighted by Gasteiger charge is -2.20. The second-order valence-electron chi connectivity index (χ2n) is 18.0. The third kappa shape index (κ3) is 7.06. The maximum absolute atomic E-state index is 14.9. The molecule has 0 radical (unpaired) electrons. The van der Waals surface area contributed by atoms with Gasteiger partial charge in [0.1, 0.15) is 0 Å². The lowest BCUT2D eigenvalue weighted by atomic mass is 9.91. The van der Waals surface area contributed by atoms with E-state index < -0.39 is 11.7 Å². The van der Waals surface area contributed by atoms with Gasteiger partial charge in [0.15, 0.2) is 5.69 Å². The third-order valence-corrected chi connectivity index (χ3v) is 13.2. The van der Waals surface area contributed by atoms with Crippen molar-refractivity contribution in [1.29, 1.82) is 0 Å². The van der Waals surface area contributed by atoms with Crippen molar-refractivity contribution in [3.05, 3.63) is 221 Å². The Balaban J connectivity index is 1.19. The molecule has 11 aromatic rings. The van der Waals surface area contributed by atoms with Gasteiger partial charge in [-0.2, -0.15) is 13.2 Å². The molecule has 0 bridgehead atoms. The molecule has 2 heterocycles. The first-order valence-corrected chi connectivity index (χ1v) is 22.4. The number of hydrogen-bond donors (Lipinski definition) is 0. The first-order chi connectivity index (χ1) is 32.3. The number of fused-ring (bicyclic) bond motifs is 6. The molecular weight excluding hydrogens is 832 g/mol. The molecule has 0 aliphatic rings. The third-order valence-electron chi connectivity index (χ3n) is 13.2. The number of alkyl halides is 3. The Morgan fingerprint density at radius 3 is 1.51 bits per heavy atom. The second kappa shape index (κ2) is 15.8. The summed E-state index contributed by atoms with van der Waals surface area (Å²) in [7, 11) is 0. The highest BCUT2D eigenvalue weighted by Crippen LogP contribution is 2.46. The molecule has 0 unspecified atom stereocenters. The minimum Gasteiger partial charge on any atom is -0.309 e. The smallest absolute Gasteiger partial charge is 0.309 e. The number of halogens is 3. The number of hydrogen-bond acceptors (Lipinski definition) is 0. The van der Waals surface area contributed by atoms with Gasteiger partial charge in [-0.05, 0) is 151 Å². The van der Waals surface area contributed by atoms with Gasteiger partial charge in [0.2, 0.25) is 0 Å².